The van der Waals surface area contributed by atoms with E-state index in [0.29, 0.717) is 22.1 Å². The first kappa shape index (κ1) is 17.4. The molecule has 7 heteroatoms. The summed E-state index contributed by atoms with van der Waals surface area (Å²) in [6.07, 6.45) is 5.08. The van der Waals surface area contributed by atoms with Crippen LogP contribution >= 0.6 is 11.3 Å². The Hall–Kier alpha value is -2.72. The molecular formula is C21H19N3O3S. The summed E-state index contributed by atoms with van der Waals surface area (Å²) in [6, 6.07) is 5.42. The molecule has 6 nitrogen and oxygen atoms in total. The van der Waals surface area contributed by atoms with E-state index in [1.807, 2.05) is 12.1 Å². The zero-order valence-corrected chi connectivity index (χ0v) is 16.3. The number of aromatic amines is 1. The van der Waals surface area contributed by atoms with Crippen LogP contribution in [0.25, 0.3) is 10.2 Å². The van der Waals surface area contributed by atoms with E-state index in [2.05, 4.69) is 16.9 Å². The number of rotatable bonds is 4. The molecule has 2 aliphatic carbocycles. The van der Waals surface area contributed by atoms with E-state index in [-0.39, 0.29) is 17.1 Å². The number of hydrogen-bond acceptors (Lipinski definition) is 6. The number of hydrogen-bond donors (Lipinski definition) is 1. The monoisotopic (exact) mass is 393 g/mol. The van der Waals surface area contributed by atoms with Crippen LogP contribution in [0, 0.1) is 17.2 Å². The van der Waals surface area contributed by atoms with Gasteiger partial charge in [-0.3, -0.25) is 9.59 Å². The number of carbonyl (C=O) groups excluding carboxylic acids is 1. The minimum atomic E-state index is -1.19. The summed E-state index contributed by atoms with van der Waals surface area (Å²) in [5, 5.41) is 10.3. The Bertz CT molecular complexity index is 1200. The Morgan fingerprint density at radius 3 is 2.93 bits per heavy atom. The number of nitrogens with one attached hydrogen (secondary N) is 1. The Kier molecular flexibility index (Phi) is 3.98. The molecule has 3 aromatic heterocycles. The number of aryl methyl sites for hydroxylation is 2. The summed E-state index contributed by atoms with van der Waals surface area (Å²) in [6.45, 7) is 2.14. The molecule has 5 rings (SSSR count). The van der Waals surface area contributed by atoms with Gasteiger partial charge in [-0.25, -0.2) is 4.98 Å². The number of nitrogens with zero attached hydrogens (tertiary/aromatic N) is 2. The molecule has 1 saturated carbocycles. The fraction of sp³-hybridized carbons (Fsp3) is 0.429. The van der Waals surface area contributed by atoms with E-state index >= 15 is 0 Å². The Balaban J connectivity index is 1.52. The average molecular weight is 393 g/mol. The van der Waals surface area contributed by atoms with Gasteiger partial charge in [0.25, 0.3) is 5.56 Å². The molecule has 0 aliphatic heterocycles. The van der Waals surface area contributed by atoms with Crippen molar-refractivity contribution >= 4 is 27.3 Å². The second kappa shape index (κ2) is 6.42. The van der Waals surface area contributed by atoms with Gasteiger partial charge in [0, 0.05) is 10.8 Å². The average Bonchev–Trinajstić information content (AvgIpc) is 3.10. The maximum Gasteiger partial charge on any atom is 0.259 e. The van der Waals surface area contributed by atoms with Crippen molar-refractivity contribution in [3.8, 4) is 6.07 Å². The Morgan fingerprint density at radius 2 is 2.18 bits per heavy atom. The molecular weight excluding hydrogens is 374 g/mol. The third-order valence-corrected chi connectivity index (χ3v) is 7.04. The van der Waals surface area contributed by atoms with Gasteiger partial charge in [-0.1, -0.05) is 6.92 Å². The molecule has 3 aromatic rings. The van der Waals surface area contributed by atoms with Gasteiger partial charge in [0.05, 0.1) is 11.5 Å². The van der Waals surface area contributed by atoms with E-state index < -0.39 is 11.7 Å². The molecule has 142 valence electrons. The Labute approximate surface area is 165 Å². The second-order valence-corrected chi connectivity index (χ2v) is 8.87. The lowest BCUT2D eigenvalue weighted by Crippen LogP contribution is -2.19. The molecule has 0 bridgehead atoms. The van der Waals surface area contributed by atoms with Crippen LogP contribution in [-0.4, -0.2) is 15.8 Å². The topological polar surface area (TPSA) is 99.7 Å². The SMILES string of the molecule is CC1CC1c1ccc(C(=O)C(C#N)c2nc3sc4c(c3c(=O)[nH]2)CCCC4)o1. The molecule has 0 saturated heterocycles. The second-order valence-electron chi connectivity index (χ2n) is 7.79. The fourth-order valence-corrected chi connectivity index (χ4v) is 5.38. The lowest BCUT2D eigenvalue weighted by molar-refractivity contribution is 0.0947. The number of furan rings is 1. The van der Waals surface area contributed by atoms with Crippen LogP contribution in [0.15, 0.2) is 21.3 Å². The summed E-state index contributed by atoms with van der Waals surface area (Å²) < 4.78 is 5.71. The van der Waals surface area contributed by atoms with Gasteiger partial charge in [-0.05, 0) is 55.7 Å². The van der Waals surface area contributed by atoms with Gasteiger partial charge in [0.2, 0.25) is 5.78 Å². The highest BCUT2D eigenvalue weighted by Gasteiger charge is 2.37. The minimum absolute atomic E-state index is 0.0985. The van der Waals surface area contributed by atoms with Crippen molar-refractivity contribution in [2.75, 3.05) is 0 Å². The molecule has 3 heterocycles. The Morgan fingerprint density at radius 1 is 1.39 bits per heavy atom. The van der Waals surface area contributed by atoms with Crippen molar-refractivity contribution in [3.63, 3.8) is 0 Å². The fourth-order valence-electron chi connectivity index (χ4n) is 4.11. The van der Waals surface area contributed by atoms with Gasteiger partial charge in [-0.2, -0.15) is 5.26 Å². The number of nitriles is 1. The summed E-state index contributed by atoms with van der Waals surface area (Å²) in [5.41, 5.74) is 0.819. The maximum atomic E-state index is 12.9. The molecule has 0 aromatic carbocycles. The summed E-state index contributed by atoms with van der Waals surface area (Å²) in [7, 11) is 0. The highest BCUT2D eigenvalue weighted by Crippen LogP contribution is 2.47. The molecule has 0 radical (unpaired) electrons. The molecule has 2 aliphatic rings. The van der Waals surface area contributed by atoms with Crippen molar-refractivity contribution < 1.29 is 9.21 Å². The van der Waals surface area contributed by atoms with Gasteiger partial charge in [0.1, 0.15) is 16.4 Å². The highest BCUT2D eigenvalue weighted by atomic mass is 32.1. The first-order valence-electron chi connectivity index (χ1n) is 9.65. The molecule has 3 atom stereocenters. The van der Waals surface area contributed by atoms with Crippen LogP contribution < -0.4 is 5.56 Å². The molecule has 0 amide bonds. The van der Waals surface area contributed by atoms with E-state index in [1.165, 1.54) is 16.2 Å². The molecule has 1 N–H and O–H groups in total. The van der Waals surface area contributed by atoms with E-state index in [4.69, 9.17) is 4.42 Å². The normalized spacial score (nSPS) is 21.9. The van der Waals surface area contributed by atoms with Crippen molar-refractivity contribution in [2.24, 2.45) is 5.92 Å². The van der Waals surface area contributed by atoms with Crippen LogP contribution in [0.3, 0.4) is 0 Å². The first-order chi connectivity index (χ1) is 13.6. The zero-order valence-electron chi connectivity index (χ0n) is 15.4. The van der Waals surface area contributed by atoms with Gasteiger partial charge < -0.3 is 9.40 Å². The lowest BCUT2D eigenvalue weighted by atomic mass is 9.97. The van der Waals surface area contributed by atoms with Crippen LogP contribution in [0.1, 0.15) is 70.6 Å². The number of fused-ring (bicyclic) bond motifs is 3. The first-order valence-corrected chi connectivity index (χ1v) is 10.5. The van der Waals surface area contributed by atoms with Crippen LogP contribution in [0.2, 0.25) is 0 Å². The lowest BCUT2D eigenvalue weighted by Gasteiger charge is -2.09. The number of thiophene rings is 1. The number of carbonyl (C=O) groups is 1. The van der Waals surface area contributed by atoms with E-state index in [1.54, 1.807) is 6.07 Å². The molecule has 3 unspecified atom stereocenters. The number of H-pyrrole nitrogens is 1. The standard InChI is InChI=1S/C21H19N3O3S/c1-10-8-12(10)14-6-7-15(27-14)18(25)13(9-22)19-23-20(26)17-11-4-2-3-5-16(11)28-21(17)24-19/h6-7,10,12-13H,2-5,8H2,1H3,(H,23,24,26). The minimum Gasteiger partial charge on any atom is -0.458 e. The molecule has 1 fully saturated rings. The largest absolute Gasteiger partial charge is 0.458 e. The summed E-state index contributed by atoms with van der Waals surface area (Å²) in [4.78, 5) is 34.6. The van der Waals surface area contributed by atoms with Crippen LogP contribution in [-0.2, 0) is 12.8 Å². The number of Topliss-reactive ketones (excluding diaryl/α,β-unsaturated/α-hetero) is 1. The predicted octanol–water partition coefficient (Wildman–Crippen LogP) is 4.07. The van der Waals surface area contributed by atoms with Crippen molar-refractivity contribution in [3.05, 3.63) is 50.3 Å². The third kappa shape index (κ3) is 2.71. The summed E-state index contributed by atoms with van der Waals surface area (Å²) >= 11 is 1.50. The number of aromatic nitrogens is 2. The van der Waals surface area contributed by atoms with E-state index in [0.717, 1.165) is 43.4 Å². The summed E-state index contributed by atoms with van der Waals surface area (Å²) in [5.74, 6) is 0.295. The van der Waals surface area contributed by atoms with Crippen molar-refractivity contribution in [1.29, 1.82) is 5.26 Å². The predicted molar refractivity (Wildman–Crippen MR) is 105 cm³/mol. The van der Waals surface area contributed by atoms with Gasteiger partial charge >= 0.3 is 0 Å². The maximum absolute atomic E-state index is 12.9. The zero-order chi connectivity index (χ0) is 19.4. The highest BCUT2D eigenvalue weighted by molar-refractivity contribution is 7.18. The van der Waals surface area contributed by atoms with Gasteiger partial charge in [-0.15, -0.1) is 11.3 Å². The molecule has 0 spiro atoms. The quantitative estimate of drug-likeness (QED) is 0.674. The van der Waals surface area contributed by atoms with Crippen LogP contribution in [0.4, 0.5) is 0 Å². The van der Waals surface area contributed by atoms with E-state index in [9.17, 15) is 14.9 Å². The third-order valence-electron chi connectivity index (χ3n) is 5.85. The smallest absolute Gasteiger partial charge is 0.259 e. The van der Waals surface area contributed by atoms with Gasteiger partial charge in [0.15, 0.2) is 11.7 Å². The molecule has 28 heavy (non-hydrogen) atoms. The number of ketones is 1. The van der Waals surface area contributed by atoms with Crippen LogP contribution in [0.5, 0.6) is 0 Å². The van der Waals surface area contributed by atoms with Crippen molar-refractivity contribution in [1.82, 2.24) is 9.97 Å². The van der Waals surface area contributed by atoms with Crippen molar-refractivity contribution in [2.45, 2.75) is 50.9 Å².